The van der Waals surface area contributed by atoms with Crippen molar-refractivity contribution in [1.82, 2.24) is 4.90 Å². The van der Waals surface area contributed by atoms with Gasteiger partial charge >= 0.3 is 5.97 Å². The summed E-state index contributed by atoms with van der Waals surface area (Å²) in [6.07, 6.45) is 9.72. The van der Waals surface area contributed by atoms with Gasteiger partial charge in [0.2, 0.25) is 5.91 Å². The van der Waals surface area contributed by atoms with Crippen LogP contribution in [0.2, 0.25) is 0 Å². The van der Waals surface area contributed by atoms with Crippen LogP contribution >= 0.6 is 0 Å². The third-order valence-corrected chi connectivity index (χ3v) is 3.59. The highest BCUT2D eigenvalue weighted by Crippen LogP contribution is 2.42. The van der Waals surface area contributed by atoms with Gasteiger partial charge in [0.15, 0.2) is 0 Å². The summed E-state index contributed by atoms with van der Waals surface area (Å²) in [5.74, 6) is 1.26. The van der Waals surface area contributed by atoms with E-state index in [-0.39, 0.29) is 24.4 Å². The zero-order valence-corrected chi connectivity index (χ0v) is 10.2. The molecule has 0 aromatic carbocycles. The Kier molecular flexibility index (Phi) is 4.56. The number of amides is 1. The van der Waals surface area contributed by atoms with Crippen molar-refractivity contribution in [3.05, 3.63) is 0 Å². The lowest BCUT2D eigenvalue weighted by Crippen LogP contribution is -2.45. The molecule has 1 aliphatic carbocycles. The lowest BCUT2D eigenvalue weighted by atomic mass is 9.82. The van der Waals surface area contributed by atoms with Crippen molar-refractivity contribution in [3.63, 3.8) is 0 Å². The third-order valence-electron chi connectivity index (χ3n) is 3.59. The molecule has 0 saturated heterocycles. The molecule has 94 valence electrons. The predicted octanol–water partition coefficient (Wildman–Crippen LogP) is 1.50. The minimum absolute atomic E-state index is 0.0763. The summed E-state index contributed by atoms with van der Waals surface area (Å²) in [7, 11) is 0. The lowest BCUT2D eigenvalue weighted by Gasteiger charge is -2.31. The molecule has 1 fully saturated rings. The molecule has 1 N–H and O–H groups in total. The maximum Gasteiger partial charge on any atom is 0.323 e. The zero-order valence-electron chi connectivity index (χ0n) is 10.2. The number of hydrogen-bond donors (Lipinski definition) is 1. The van der Waals surface area contributed by atoms with Gasteiger partial charge in [0.05, 0.1) is 6.54 Å². The van der Waals surface area contributed by atoms with E-state index >= 15 is 0 Å². The fourth-order valence-corrected chi connectivity index (χ4v) is 2.58. The summed E-state index contributed by atoms with van der Waals surface area (Å²) >= 11 is 0. The first-order valence-corrected chi connectivity index (χ1v) is 6.00. The van der Waals surface area contributed by atoms with Crippen LogP contribution < -0.4 is 0 Å². The van der Waals surface area contributed by atoms with Gasteiger partial charge in [-0.3, -0.25) is 9.59 Å². The summed E-state index contributed by atoms with van der Waals surface area (Å²) in [5, 5.41) is 8.80. The topological polar surface area (TPSA) is 57.6 Å². The van der Waals surface area contributed by atoms with E-state index in [0.29, 0.717) is 0 Å². The van der Waals surface area contributed by atoms with Crippen molar-refractivity contribution in [2.24, 2.45) is 5.41 Å². The van der Waals surface area contributed by atoms with E-state index in [9.17, 15) is 9.59 Å². The molecular formula is C13H19NO3. The molecule has 1 rings (SSSR count). The first-order valence-electron chi connectivity index (χ1n) is 6.00. The molecular weight excluding hydrogens is 218 g/mol. The Morgan fingerprint density at radius 1 is 1.41 bits per heavy atom. The maximum atomic E-state index is 12.4. The Balaban J connectivity index is 2.82. The summed E-state index contributed by atoms with van der Waals surface area (Å²) in [6.45, 7) is 1.76. The molecule has 0 unspecified atom stereocenters. The van der Waals surface area contributed by atoms with Crippen LogP contribution in [0.4, 0.5) is 0 Å². The number of carboxylic acid groups (broad SMARTS) is 1. The highest BCUT2D eigenvalue weighted by atomic mass is 16.4. The van der Waals surface area contributed by atoms with Crippen molar-refractivity contribution in [1.29, 1.82) is 0 Å². The van der Waals surface area contributed by atoms with Gasteiger partial charge in [-0.1, -0.05) is 25.7 Å². The van der Waals surface area contributed by atoms with E-state index in [1.807, 2.05) is 6.92 Å². The molecule has 0 aromatic rings. The van der Waals surface area contributed by atoms with Gasteiger partial charge < -0.3 is 10.0 Å². The Morgan fingerprint density at radius 2 is 2.00 bits per heavy atom. The highest BCUT2D eigenvalue weighted by Gasteiger charge is 2.42. The van der Waals surface area contributed by atoms with Gasteiger partial charge in [-0.15, -0.1) is 6.42 Å². The fourth-order valence-electron chi connectivity index (χ4n) is 2.58. The van der Waals surface area contributed by atoms with Crippen LogP contribution in [0, 0.1) is 17.8 Å². The third kappa shape index (κ3) is 3.00. The molecule has 0 bridgehead atoms. The molecule has 0 radical (unpaired) electrons. The number of nitrogens with zero attached hydrogens (tertiary/aromatic N) is 1. The van der Waals surface area contributed by atoms with Gasteiger partial charge in [-0.05, 0) is 19.3 Å². The van der Waals surface area contributed by atoms with Crippen LogP contribution in [0.1, 0.15) is 39.0 Å². The van der Waals surface area contributed by atoms with Gasteiger partial charge in [0, 0.05) is 5.41 Å². The predicted molar refractivity (Wildman–Crippen MR) is 64.2 cm³/mol. The second kappa shape index (κ2) is 5.72. The minimum atomic E-state index is -1.02. The van der Waals surface area contributed by atoms with Gasteiger partial charge in [-0.25, -0.2) is 0 Å². The Hall–Kier alpha value is -1.50. The van der Waals surface area contributed by atoms with E-state index in [1.54, 1.807) is 0 Å². The number of rotatable bonds is 5. The first kappa shape index (κ1) is 13.6. The maximum absolute atomic E-state index is 12.4. The fraction of sp³-hybridized carbons (Fsp3) is 0.692. The number of aliphatic carboxylic acids is 1. The first-order chi connectivity index (χ1) is 8.05. The SMILES string of the molecule is C#CCN(CC(=O)O)C(=O)C1(CC)CCCC1. The van der Waals surface area contributed by atoms with Crippen molar-refractivity contribution in [2.75, 3.05) is 13.1 Å². The van der Waals surface area contributed by atoms with Crippen molar-refractivity contribution in [2.45, 2.75) is 39.0 Å². The summed E-state index contributed by atoms with van der Waals surface area (Å²) < 4.78 is 0. The largest absolute Gasteiger partial charge is 0.480 e. The number of carbonyl (C=O) groups is 2. The average Bonchev–Trinajstić information content (AvgIpc) is 2.76. The molecule has 0 aromatic heterocycles. The minimum Gasteiger partial charge on any atom is -0.480 e. The van der Waals surface area contributed by atoms with Gasteiger partial charge in [0.25, 0.3) is 0 Å². The average molecular weight is 237 g/mol. The van der Waals surface area contributed by atoms with E-state index in [2.05, 4.69) is 5.92 Å². The van der Waals surface area contributed by atoms with E-state index in [0.717, 1.165) is 32.1 Å². The van der Waals surface area contributed by atoms with E-state index in [4.69, 9.17) is 11.5 Å². The zero-order chi connectivity index (χ0) is 12.9. The molecule has 4 nitrogen and oxygen atoms in total. The number of carbonyl (C=O) groups excluding carboxylic acids is 1. The number of carboxylic acids is 1. The monoisotopic (exact) mass is 237 g/mol. The number of terminal acetylenes is 1. The van der Waals surface area contributed by atoms with Crippen molar-refractivity contribution < 1.29 is 14.7 Å². The highest BCUT2D eigenvalue weighted by molar-refractivity contribution is 5.86. The molecule has 1 saturated carbocycles. The number of hydrogen-bond acceptors (Lipinski definition) is 2. The van der Waals surface area contributed by atoms with Crippen LogP contribution in [0.25, 0.3) is 0 Å². The summed E-state index contributed by atoms with van der Waals surface area (Å²) in [4.78, 5) is 24.4. The molecule has 4 heteroatoms. The van der Waals surface area contributed by atoms with E-state index in [1.165, 1.54) is 4.90 Å². The summed E-state index contributed by atoms with van der Waals surface area (Å²) in [6, 6.07) is 0. The second-order valence-electron chi connectivity index (χ2n) is 4.60. The molecule has 0 atom stereocenters. The van der Waals surface area contributed by atoms with Gasteiger partial charge in [-0.2, -0.15) is 0 Å². The van der Waals surface area contributed by atoms with Crippen LogP contribution in [-0.2, 0) is 9.59 Å². The van der Waals surface area contributed by atoms with Gasteiger partial charge in [0.1, 0.15) is 6.54 Å². The molecule has 17 heavy (non-hydrogen) atoms. The molecule has 1 amide bonds. The molecule has 0 heterocycles. The normalized spacial score (nSPS) is 17.4. The lowest BCUT2D eigenvalue weighted by molar-refractivity contribution is -0.149. The molecule has 0 spiro atoms. The van der Waals surface area contributed by atoms with Crippen LogP contribution in [-0.4, -0.2) is 35.0 Å². The second-order valence-corrected chi connectivity index (χ2v) is 4.60. The van der Waals surface area contributed by atoms with E-state index < -0.39 is 5.97 Å². The van der Waals surface area contributed by atoms with Crippen LogP contribution in [0.5, 0.6) is 0 Å². The Morgan fingerprint density at radius 3 is 2.41 bits per heavy atom. The quantitative estimate of drug-likeness (QED) is 0.737. The van der Waals surface area contributed by atoms with Crippen molar-refractivity contribution in [3.8, 4) is 12.3 Å². The van der Waals surface area contributed by atoms with Crippen LogP contribution in [0.15, 0.2) is 0 Å². The summed E-state index contributed by atoms with van der Waals surface area (Å²) in [5.41, 5.74) is -0.369. The molecule has 1 aliphatic rings. The van der Waals surface area contributed by atoms with Crippen LogP contribution in [0.3, 0.4) is 0 Å². The smallest absolute Gasteiger partial charge is 0.323 e. The Bertz CT molecular complexity index is 337. The molecule has 0 aliphatic heterocycles. The van der Waals surface area contributed by atoms with Crippen molar-refractivity contribution >= 4 is 11.9 Å². The Labute approximate surface area is 102 Å². The standard InChI is InChI=1S/C13H19NO3/c1-3-9-14(10-11(15)16)12(17)13(4-2)7-5-6-8-13/h1H,4-10H2,2H3,(H,15,16).